The lowest BCUT2D eigenvalue weighted by Crippen LogP contribution is -2.47. The molecular formula is C30H36N2O2. The lowest BCUT2D eigenvalue weighted by molar-refractivity contribution is -0.122. The van der Waals surface area contributed by atoms with Crippen molar-refractivity contribution in [3.8, 4) is 5.75 Å². The van der Waals surface area contributed by atoms with Gasteiger partial charge in [-0.25, -0.2) is 0 Å². The van der Waals surface area contributed by atoms with Gasteiger partial charge in [0.2, 0.25) is 5.91 Å². The number of aryl methyl sites for hydroxylation is 1. The first-order valence-electron chi connectivity index (χ1n) is 12.2. The third kappa shape index (κ3) is 5.02. The molecule has 0 bridgehead atoms. The molecule has 0 saturated carbocycles. The van der Waals surface area contributed by atoms with E-state index >= 15 is 0 Å². The number of hydrogen-bond donors (Lipinski definition) is 1. The van der Waals surface area contributed by atoms with Crippen LogP contribution in [0.1, 0.15) is 49.8 Å². The van der Waals surface area contributed by atoms with Gasteiger partial charge in [0, 0.05) is 18.6 Å². The average Bonchev–Trinajstić information content (AvgIpc) is 3.30. The third-order valence-electron chi connectivity index (χ3n) is 7.36. The van der Waals surface area contributed by atoms with E-state index in [1.54, 1.807) is 0 Å². The van der Waals surface area contributed by atoms with E-state index in [2.05, 4.69) is 37.8 Å². The van der Waals surface area contributed by atoms with E-state index in [1.807, 2.05) is 72.8 Å². The highest BCUT2D eigenvalue weighted by Crippen LogP contribution is 2.40. The molecule has 4 nitrogen and oxygen atoms in total. The summed E-state index contributed by atoms with van der Waals surface area (Å²) in [6.45, 7) is 8.47. The van der Waals surface area contributed by atoms with Gasteiger partial charge in [-0.1, -0.05) is 72.8 Å². The molecule has 178 valence electrons. The number of primary amides is 1. The largest absolute Gasteiger partial charge is 0.489 e. The van der Waals surface area contributed by atoms with Crippen molar-refractivity contribution in [1.82, 2.24) is 4.90 Å². The van der Waals surface area contributed by atoms with Crippen molar-refractivity contribution in [2.75, 3.05) is 13.1 Å². The molecule has 1 aliphatic rings. The van der Waals surface area contributed by atoms with Gasteiger partial charge in [-0.05, 0) is 68.9 Å². The molecule has 1 atom stereocenters. The first kappa shape index (κ1) is 24.0. The summed E-state index contributed by atoms with van der Waals surface area (Å²) < 4.78 is 6.29. The summed E-state index contributed by atoms with van der Waals surface area (Å²) in [4.78, 5) is 15.6. The van der Waals surface area contributed by atoms with Crippen molar-refractivity contribution in [1.29, 1.82) is 0 Å². The Labute approximate surface area is 203 Å². The smallest absolute Gasteiger partial charge is 0.232 e. The van der Waals surface area contributed by atoms with Gasteiger partial charge in [-0.2, -0.15) is 0 Å². The lowest BCUT2D eigenvalue weighted by atomic mass is 9.69. The predicted octanol–water partition coefficient (Wildman–Crippen LogP) is 5.48. The van der Waals surface area contributed by atoms with Crippen LogP contribution in [0.2, 0.25) is 0 Å². The van der Waals surface area contributed by atoms with Gasteiger partial charge >= 0.3 is 0 Å². The number of amides is 1. The Kier molecular flexibility index (Phi) is 7.08. The summed E-state index contributed by atoms with van der Waals surface area (Å²) in [6, 6.07) is 28.2. The van der Waals surface area contributed by atoms with Crippen LogP contribution in [-0.4, -0.2) is 35.5 Å². The number of nitrogens with zero attached hydrogens (tertiary/aromatic N) is 1. The first-order chi connectivity index (χ1) is 16.3. The van der Waals surface area contributed by atoms with Crippen LogP contribution < -0.4 is 10.5 Å². The van der Waals surface area contributed by atoms with Crippen molar-refractivity contribution in [3.05, 3.63) is 102 Å². The lowest BCUT2D eigenvalue weighted by Gasteiger charge is -2.40. The number of rotatable bonds is 9. The van der Waals surface area contributed by atoms with E-state index in [9.17, 15) is 4.79 Å². The minimum atomic E-state index is -0.864. The van der Waals surface area contributed by atoms with Crippen molar-refractivity contribution >= 4 is 5.91 Å². The SMILES string of the molecule is Cc1cccc(O[C@H]2CCN(C(C)(C)CCC(C(N)=O)(c3ccccc3)c3ccccc3)C2)c1. The minimum absolute atomic E-state index is 0.102. The number of ether oxygens (including phenoxy) is 1. The number of benzene rings is 3. The Hall–Kier alpha value is -3.11. The number of carbonyl (C=O) groups is 1. The van der Waals surface area contributed by atoms with E-state index in [4.69, 9.17) is 10.5 Å². The maximum absolute atomic E-state index is 13.1. The van der Waals surface area contributed by atoms with Crippen molar-refractivity contribution in [2.24, 2.45) is 5.73 Å². The van der Waals surface area contributed by atoms with Crippen LogP contribution in [0.4, 0.5) is 0 Å². The Morgan fingerprint density at radius 1 is 0.941 bits per heavy atom. The summed E-state index contributed by atoms with van der Waals surface area (Å²) in [5.41, 5.74) is 8.31. The highest BCUT2D eigenvalue weighted by molar-refractivity contribution is 5.90. The molecular weight excluding hydrogens is 420 g/mol. The minimum Gasteiger partial charge on any atom is -0.489 e. The van der Waals surface area contributed by atoms with Gasteiger partial charge in [0.1, 0.15) is 11.9 Å². The molecule has 3 aromatic carbocycles. The van der Waals surface area contributed by atoms with Crippen LogP contribution >= 0.6 is 0 Å². The Bertz CT molecular complexity index is 1060. The maximum atomic E-state index is 13.1. The van der Waals surface area contributed by atoms with Gasteiger partial charge in [0.15, 0.2) is 0 Å². The molecule has 1 amide bonds. The van der Waals surface area contributed by atoms with E-state index < -0.39 is 5.41 Å². The van der Waals surface area contributed by atoms with Crippen LogP contribution in [0.3, 0.4) is 0 Å². The third-order valence-corrected chi connectivity index (χ3v) is 7.36. The second kappa shape index (κ2) is 10.0. The number of hydrogen-bond acceptors (Lipinski definition) is 3. The number of likely N-dealkylation sites (tertiary alicyclic amines) is 1. The molecule has 2 N–H and O–H groups in total. The predicted molar refractivity (Wildman–Crippen MR) is 138 cm³/mol. The standard InChI is InChI=1S/C30H36N2O2/c1-23-11-10-16-26(21-23)34-27-17-20-32(22-27)29(2,3)18-19-30(28(31)33,24-12-6-4-7-13-24)25-14-8-5-9-15-25/h4-16,21,27H,17-20,22H2,1-3H3,(H2,31,33)/t27-/m0/s1. The molecule has 1 fully saturated rings. The molecule has 0 aliphatic carbocycles. The molecule has 3 aromatic rings. The summed E-state index contributed by atoms with van der Waals surface area (Å²) >= 11 is 0. The molecule has 1 saturated heterocycles. The molecule has 1 heterocycles. The monoisotopic (exact) mass is 456 g/mol. The molecule has 1 aliphatic heterocycles. The van der Waals surface area contributed by atoms with Crippen molar-refractivity contribution in [3.63, 3.8) is 0 Å². The fourth-order valence-electron chi connectivity index (χ4n) is 5.22. The molecule has 0 radical (unpaired) electrons. The zero-order chi connectivity index (χ0) is 24.2. The number of carbonyl (C=O) groups excluding carboxylic acids is 1. The molecule has 0 unspecified atom stereocenters. The Morgan fingerprint density at radius 3 is 2.12 bits per heavy atom. The normalized spacial score (nSPS) is 17.0. The van der Waals surface area contributed by atoms with E-state index in [0.29, 0.717) is 6.42 Å². The number of nitrogens with two attached hydrogens (primary N) is 1. The summed E-state index contributed by atoms with van der Waals surface area (Å²) in [5, 5.41) is 0. The topological polar surface area (TPSA) is 55.6 Å². The maximum Gasteiger partial charge on any atom is 0.232 e. The van der Waals surface area contributed by atoms with Gasteiger partial charge < -0.3 is 10.5 Å². The van der Waals surface area contributed by atoms with Gasteiger partial charge in [0.05, 0.1) is 5.41 Å². The molecule has 0 aromatic heterocycles. The second-order valence-corrected chi connectivity index (χ2v) is 10.1. The quantitative estimate of drug-likeness (QED) is 0.464. The van der Waals surface area contributed by atoms with Crippen LogP contribution in [0.25, 0.3) is 0 Å². The van der Waals surface area contributed by atoms with E-state index in [-0.39, 0.29) is 17.6 Å². The zero-order valence-corrected chi connectivity index (χ0v) is 20.5. The Morgan fingerprint density at radius 2 is 1.56 bits per heavy atom. The summed E-state index contributed by atoms with van der Waals surface area (Å²) in [6.07, 6.45) is 2.64. The fraction of sp³-hybridized carbons (Fsp3) is 0.367. The molecule has 0 spiro atoms. The Balaban J connectivity index is 1.52. The van der Waals surface area contributed by atoms with Gasteiger partial charge in [-0.15, -0.1) is 0 Å². The van der Waals surface area contributed by atoms with Crippen LogP contribution in [0.15, 0.2) is 84.9 Å². The average molecular weight is 457 g/mol. The van der Waals surface area contributed by atoms with Crippen molar-refractivity contribution in [2.45, 2.75) is 57.1 Å². The zero-order valence-electron chi connectivity index (χ0n) is 20.5. The molecule has 4 heteroatoms. The van der Waals surface area contributed by atoms with Crippen LogP contribution in [-0.2, 0) is 10.2 Å². The highest BCUT2D eigenvalue weighted by atomic mass is 16.5. The fourth-order valence-corrected chi connectivity index (χ4v) is 5.22. The van der Waals surface area contributed by atoms with Crippen LogP contribution in [0.5, 0.6) is 5.75 Å². The molecule has 4 rings (SSSR count). The molecule has 34 heavy (non-hydrogen) atoms. The van der Waals surface area contributed by atoms with Gasteiger partial charge in [0.25, 0.3) is 0 Å². The summed E-state index contributed by atoms with van der Waals surface area (Å²) in [5.74, 6) is 0.633. The summed E-state index contributed by atoms with van der Waals surface area (Å²) in [7, 11) is 0. The van der Waals surface area contributed by atoms with E-state index in [1.165, 1.54) is 5.56 Å². The van der Waals surface area contributed by atoms with Crippen molar-refractivity contribution < 1.29 is 9.53 Å². The second-order valence-electron chi connectivity index (χ2n) is 10.1. The van der Waals surface area contributed by atoms with Crippen LogP contribution in [0, 0.1) is 6.92 Å². The van der Waals surface area contributed by atoms with Gasteiger partial charge in [-0.3, -0.25) is 9.69 Å². The highest BCUT2D eigenvalue weighted by Gasteiger charge is 2.43. The van der Waals surface area contributed by atoms with E-state index in [0.717, 1.165) is 42.8 Å². The first-order valence-corrected chi connectivity index (χ1v) is 12.2.